The van der Waals surface area contributed by atoms with E-state index >= 15 is 0 Å². The maximum atomic E-state index is 13.0. The van der Waals surface area contributed by atoms with E-state index < -0.39 is 0 Å². The van der Waals surface area contributed by atoms with Crippen LogP contribution in [0.5, 0.6) is 0 Å². The van der Waals surface area contributed by atoms with Gasteiger partial charge < -0.3 is 5.73 Å². The lowest BCUT2D eigenvalue weighted by molar-refractivity contribution is 0.610. The normalized spacial score (nSPS) is 16.3. The Morgan fingerprint density at radius 1 is 1.17 bits per heavy atom. The van der Waals surface area contributed by atoms with Gasteiger partial charge in [0.25, 0.3) is 0 Å². The van der Waals surface area contributed by atoms with Crippen molar-refractivity contribution in [2.75, 3.05) is 5.75 Å². The fourth-order valence-corrected chi connectivity index (χ4v) is 3.28. The molecular weight excluding hydrogens is 245 g/mol. The van der Waals surface area contributed by atoms with Crippen molar-refractivity contribution in [1.29, 1.82) is 0 Å². The van der Waals surface area contributed by atoms with Crippen molar-refractivity contribution in [2.24, 2.45) is 11.7 Å². The molecule has 1 rings (SSSR count). The lowest BCUT2D eigenvalue weighted by Gasteiger charge is -2.24. The lowest BCUT2D eigenvalue weighted by Crippen LogP contribution is -2.26. The Morgan fingerprint density at radius 3 is 2.28 bits per heavy atom. The standard InChI is InChI=1S/C15H24FNS/c1-4-11(3)10-18-15(14(17)5-2)12-6-8-13(16)9-7-12/h6-9,11,14-15H,4-5,10,17H2,1-3H3. The number of benzene rings is 1. The Kier molecular flexibility index (Phi) is 6.72. The molecule has 3 atom stereocenters. The van der Waals surface area contributed by atoms with Crippen LogP contribution in [0.4, 0.5) is 4.39 Å². The fourth-order valence-electron chi connectivity index (χ4n) is 1.72. The molecule has 0 saturated heterocycles. The van der Waals surface area contributed by atoms with Crippen LogP contribution >= 0.6 is 11.8 Å². The van der Waals surface area contributed by atoms with Crippen LogP contribution in [0, 0.1) is 11.7 Å². The van der Waals surface area contributed by atoms with E-state index in [1.165, 1.54) is 18.6 Å². The van der Waals surface area contributed by atoms with Gasteiger partial charge >= 0.3 is 0 Å². The zero-order valence-corrected chi connectivity index (χ0v) is 12.3. The largest absolute Gasteiger partial charge is 0.326 e. The van der Waals surface area contributed by atoms with E-state index in [4.69, 9.17) is 5.73 Å². The van der Waals surface area contributed by atoms with E-state index in [0.717, 1.165) is 17.7 Å². The molecule has 0 aliphatic rings. The highest BCUT2D eigenvalue weighted by Crippen LogP contribution is 2.34. The second kappa shape index (κ2) is 7.80. The number of rotatable bonds is 7. The molecule has 3 heteroatoms. The van der Waals surface area contributed by atoms with Gasteiger partial charge in [0.1, 0.15) is 5.82 Å². The summed E-state index contributed by atoms with van der Waals surface area (Å²) in [6.07, 6.45) is 2.13. The summed E-state index contributed by atoms with van der Waals surface area (Å²) in [5.74, 6) is 1.61. The second-order valence-corrected chi connectivity index (χ2v) is 6.07. The molecule has 0 aliphatic heterocycles. The molecule has 3 unspecified atom stereocenters. The van der Waals surface area contributed by atoms with Crippen molar-refractivity contribution in [3.8, 4) is 0 Å². The summed E-state index contributed by atoms with van der Waals surface area (Å²) in [5, 5.41) is 0.268. The summed E-state index contributed by atoms with van der Waals surface area (Å²) >= 11 is 1.90. The molecule has 0 aliphatic carbocycles. The molecule has 0 aromatic heterocycles. The highest BCUT2D eigenvalue weighted by atomic mass is 32.2. The molecular formula is C15H24FNS. The SMILES string of the molecule is CCC(C)CSC(c1ccc(F)cc1)C(N)CC. The summed E-state index contributed by atoms with van der Waals surface area (Å²) in [5.41, 5.74) is 7.34. The second-order valence-electron chi connectivity index (χ2n) is 4.89. The van der Waals surface area contributed by atoms with Crippen LogP contribution in [-0.4, -0.2) is 11.8 Å². The molecule has 0 radical (unpaired) electrons. The van der Waals surface area contributed by atoms with Crippen LogP contribution in [0.3, 0.4) is 0 Å². The van der Waals surface area contributed by atoms with Gasteiger partial charge in [0, 0.05) is 11.3 Å². The van der Waals surface area contributed by atoms with Crippen molar-refractivity contribution in [2.45, 2.75) is 44.9 Å². The summed E-state index contributed by atoms with van der Waals surface area (Å²) in [7, 11) is 0. The van der Waals surface area contributed by atoms with E-state index in [2.05, 4.69) is 20.8 Å². The highest BCUT2D eigenvalue weighted by molar-refractivity contribution is 7.99. The third kappa shape index (κ3) is 4.62. The van der Waals surface area contributed by atoms with Gasteiger partial charge in [0.05, 0.1) is 0 Å². The smallest absolute Gasteiger partial charge is 0.123 e. The van der Waals surface area contributed by atoms with Gasteiger partial charge in [-0.05, 0) is 35.8 Å². The molecule has 0 amide bonds. The number of thioether (sulfide) groups is 1. The van der Waals surface area contributed by atoms with E-state index in [0.29, 0.717) is 5.92 Å². The average Bonchev–Trinajstić information content (AvgIpc) is 2.40. The van der Waals surface area contributed by atoms with Crippen LogP contribution in [-0.2, 0) is 0 Å². The van der Waals surface area contributed by atoms with Crippen LogP contribution < -0.4 is 5.73 Å². The summed E-state index contributed by atoms with van der Waals surface area (Å²) in [4.78, 5) is 0. The van der Waals surface area contributed by atoms with Crippen molar-refractivity contribution in [1.82, 2.24) is 0 Å². The van der Waals surface area contributed by atoms with Gasteiger partial charge in [-0.25, -0.2) is 4.39 Å². The van der Waals surface area contributed by atoms with Crippen LogP contribution in [0.1, 0.15) is 44.4 Å². The first-order valence-corrected chi connectivity index (χ1v) is 7.76. The van der Waals surface area contributed by atoms with Gasteiger partial charge in [0.2, 0.25) is 0 Å². The maximum absolute atomic E-state index is 13.0. The molecule has 0 fully saturated rings. The molecule has 1 aromatic rings. The van der Waals surface area contributed by atoms with Crippen LogP contribution in [0.25, 0.3) is 0 Å². The summed E-state index contributed by atoms with van der Waals surface area (Å²) in [6.45, 7) is 6.56. The first-order valence-electron chi connectivity index (χ1n) is 6.71. The highest BCUT2D eigenvalue weighted by Gasteiger charge is 2.19. The Labute approximate surface area is 114 Å². The molecule has 0 spiro atoms. The minimum Gasteiger partial charge on any atom is -0.326 e. The molecule has 1 nitrogen and oxygen atoms in total. The predicted molar refractivity (Wildman–Crippen MR) is 79.3 cm³/mol. The van der Waals surface area contributed by atoms with Gasteiger partial charge in [-0.1, -0.05) is 39.3 Å². The molecule has 0 saturated carbocycles. The predicted octanol–water partition coefficient (Wildman–Crippen LogP) is 4.38. The van der Waals surface area contributed by atoms with Crippen LogP contribution in [0.15, 0.2) is 24.3 Å². The molecule has 18 heavy (non-hydrogen) atoms. The van der Waals surface area contributed by atoms with Gasteiger partial charge in [-0.2, -0.15) is 11.8 Å². The Bertz CT molecular complexity index is 339. The van der Waals surface area contributed by atoms with Crippen molar-refractivity contribution >= 4 is 11.8 Å². The maximum Gasteiger partial charge on any atom is 0.123 e. The first kappa shape index (κ1) is 15.5. The quantitative estimate of drug-likeness (QED) is 0.794. The fraction of sp³-hybridized carbons (Fsp3) is 0.600. The minimum absolute atomic E-state index is 0.129. The molecule has 1 aromatic carbocycles. The Morgan fingerprint density at radius 2 is 1.78 bits per heavy atom. The third-order valence-electron chi connectivity index (χ3n) is 3.32. The topological polar surface area (TPSA) is 26.0 Å². The van der Waals surface area contributed by atoms with Crippen molar-refractivity contribution < 1.29 is 4.39 Å². The number of nitrogens with two attached hydrogens (primary N) is 1. The monoisotopic (exact) mass is 269 g/mol. The van der Waals surface area contributed by atoms with Gasteiger partial charge in [-0.3, -0.25) is 0 Å². The zero-order valence-electron chi connectivity index (χ0n) is 11.5. The lowest BCUT2D eigenvalue weighted by atomic mass is 10.0. The van der Waals surface area contributed by atoms with E-state index in [-0.39, 0.29) is 17.1 Å². The Balaban J connectivity index is 2.74. The molecule has 102 valence electrons. The van der Waals surface area contributed by atoms with Crippen LogP contribution in [0.2, 0.25) is 0 Å². The van der Waals surface area contributed by atoms with Gasteiger partial charge in [-0.15, -0.1) is 0 Å². The van der Waals surface area contributed by atoms with E-state index in [1.54, 1.807) is 0 Å². The number of hydrogen-bond acceptors (Lipinski definition) is 2. The molecule has 0 bridgehead atoms. The summed E-state index contributed by atoms with van der Waals surface area (Å²) in [6, 6.07) is 6.89. The first-order chi connectivity index (χ1) is 8.58. The Hall–Kier alpha value is -0.540. The number of halogens is 1. The molecule has 0 heterocycles. The van der Waals surface area contributed by atoms with Crippen molar-refractivity contribution in [3.63, 3.8) is 0 Å². The van der Waals surface area contributed by atoms with E-state index in [1.807, 2.05) is 23.9 Å². The number of hydrogen-bond donors (Lipinski definition) is 1. The van der Waals surface area contributed by atoms with Gasteiger partial charge in [0.15, 0.2) is 0 Å². The average molecular weight is 269 g/mol. The zero-order chi connectivity index (χ0) is 13.5. The summed E-state index contributed by atoms with van der Waals surface area (Å²) < 4.78 is 13.0. The van der Waals surface area contributed by atoms with Crippen molar-refractivity contribution in [3.05, 3.63) is 35.6 Å². The third-order valence-corrected chi connectivity index (χ3v) is 5.06. The molecule has 2 N–H and O–H groups in total. The van der Waals surface area contributed by atoms with E-state index in [9.17, 15) is 4.39 Å². The minimum atomic E-state index is -0.186.